The summed E-state index contributed by atoms with van der Waals surface area (Å²) >= 11 is 0. The quantitative estimate of drug-likeness (QED) is 0.492. The van der Waals surface area contributed by atoms with E-state index >= 15 is 0 Å². The minimum absolute atomic E-state index is 0.0284. The second-order valence-corrected chi connectivity index (χ2v) is 10.5. The fourth-order valence-corrected chi connectivity index (χ4v) is 5.60. The lowest BCUT2D eigenvalue weighted by atomic mass is 10.2. The van der Waals surface area contributed by atoms with Crippen LogP contribution >= 0.6 is 0 Å². The van der Waals surface area contributed by atoms with Crippen LogP contribution in [0.25, 0.3) is 0 Å². The van der Waals surface area contributed by atoms with Crippen molar-refractivity contribution < 1.29 is 27.1 Å². The molecule has 0 N–H and O–H groups in total. The van der Waals surface area contributed by atoms with Crippen LogP contribution in [0.4, 0.5) is 4.39 Å². The van der Waals surface area contributed by atoms with Crippen molar-refractivity contribution in [3.8, 4) is 0 Å². The zero-order valence-corrected chi connectivity index (χ0v) is 19.6. The molecule has 1 aliphatic carbocycles. The number of hydrogen-bond donors (Lipinski definition) is 0. The van der Waals surface area contributed by atoms with E-state index in [-0.39, 0.29) is 35.2 Å². The second-order valence-electron chi connectivity index (χ2n) is 8.66. The normalized spacial score (nSPS) is 18.5. The van der Waals surface area contributed by atoms with Crippen LogP contribution in [0.2, 0.25) is 0 Å². The van der Waals surface area contributed by atoms with Crippen LogP contribution in [0.3, 0.4) is 0 Å². The maximum atomic E-state index is 14.2. The van der Waals surface area contributed by atoms with Crippen LogP contribution in [-0.4, -0.2) is 61.7 Å². The standard InChI is InChI=1S/C23H30FN3O5S/c1-31-12-10-26(22(28)17-8-9-17)14-19-13-25-23(27(19)15-20-6-4-11-32-20)33(29,30)16-18-5-2-3-7-21(18)24/h2-3,5,7,13,17,20H,4,6,8-12,14-16H2,1H3/t20-/m0/s1. The van der Waals surface area contributed by atoms with Crippen LogP contribution in [0.1, 0.15) is 36.9 Å². The van der Waals surface area contributed by atoms with Gasteiger partial charge in [0.2, 0.25) is 20.9 Å². The van der Waals surface area contributed by atoms with Crippen molar-refractivity contribution in [2.24, 2.45) is 5.92 Å². The van der Waals surface area contributed by atoms with Gasteiger partial charge in [-0.25, -0.2) is 17.8 Å². The van der Waals surface area contributed by atoms with E-state index in [0.717, 1.165) is 25.7 Å². The van der Waals surface area contributed by atoms with E-state index in [1.807, 2.05) is 0 Å². The summed E-state index contributed by atoms with van der Waals surface area (Å²) in [5.74, 6) is -0.983. The third kappa shape index (κ3) is 5.80. The number of carbonyl (C=O) groups is 1. The van der Waals surface area contributed by atoms with E-state index in [4.69, 9.17) is 9.47 Å². The molecule has 8 nitrogen and oxygen atoms in total. The molecule has 0 spiro atoms. The summed E-state index contributed by atoms with van der Waals surface area (Å²) in [5.41, 5.74) is 0.707. The minimum atomic E-state index is -3.94. The van der Waals surface area contributed by atoms with E-state index in [1.165, 1.54) is 24.4 Å². The molecule has 2 fully saturated rings. The van der Waals surface area contributed by atoms with E-state index < -0.39 is 21.4 Å². The number of aromatic nitrogens is 2. The molecule has 1 saturated carbocycles. The fraction of sp³-hybridized carbons (Fsp3) is 0.565. The molecule has 2 aliphatic rings. The summed E-state index contributed by atoms with van der Waals surface area (Å²) in [6.07, 6.45) is 4.85. The molecule has 2 aromatic rings. The minimum Gasteiger partial charge on any atom is -0.383 e. The largest absolute Gasteiger partial charge is 0.383 e. The fourth-order valence-electron chi connectivity index (χ4n) is 4.09. The first-order valence-electron chi connectivity index (χ1n) is 11.3. The van der Waals surface area contributed by atoms with Gasteiger partial charge in [-0.05, 0) is 31.7 Å². The van der Waals surface area contributed by atoms with Gasteiger partial charge in [0.05, 0.1) is 43.4 Å². The monoisotopic (exact) mass is 479 g/mol. The highest BCUT2D eigenvalue weighted by molar-refractivity contribution is 7.90. The Hall–Kier alpha value is -2.30. The summed E-state index contributed by atoms with van der Waals surface area (Å²) in [5, 5.41) is -0.123. The number of benzene rings is 1. The lowest BCUT2D eigenvalue weighted by Crippen LogP contribution is -2.35. The number of methoxy groups -OCH3 is 1. The Balaban J connectivity index is 1.64. The molecule has 0 bridgehead atoms. The average molecular weight is 480 g/mol. The molecular formula is C23H30FN3O5S. The number of halogens is 1. The Morgan fingerprint density at radius 2 is 2.09 bits per heavy atom. The zero-order valence-electron chi connectivity index (χ0n) is 18.8. The van der Waals surface area contributed by atoms with Gasteiger partial charge in [-0.1, -0.05) is 18.2 Å². The van der Waals surface area contributed by atoms with Crippen molar-refractivity contribution in [1.82, 2.24) is 14.5 Å². The van der Waals surface area contributed by atoms with Gasteiger partial charge in [0.1, 0.15) is 5.82 Å². The summed E-state index contributed by atoms with van der Waals surface area (Å²) in [6, 6.07) is 5.83. The Morgan fingerprint density at radius 1 is 1.30 bits per heavy atom. The van der Waals surface area contributed by atoms with E-state index in [2.05, 4.69) is 4.98 Å². The van der Waals surface area contributed by atoms with Crippen molar-refractivity contribution in [2.75, 3.05) is 26.9 Å². The molecule has 180 valence electrons. The van der Waals surface area contributed by atoms with E-state index in [0.29, 0.717) is 32.0 Å². The zero-order chi connectivity index (χ0) is 23.4. The van der Waals surface area contributed by atoms with Gasteiger partial charge in [-0.15, -0.1) is 0 Å². The lowest BCUT2D eigenvalue weighted by Gasteiger charge is -2.24. The summed E-state index contributed by atoms with van der Waals surface area (Å²) in [7, 11) is -2.36. The van der Waals surface area contributed by atoms with Gasteiger partial charge in [0, 0.05) is 31.7 Å². The van der Waals surface area contributed by atoms with Gasteiger partial charge in [0.15, 0.2) is 0 Å². The lowest BCUT2D eigenvalue weighted by molar-refractivity contribution is -0.133. The van der Waals surface area contributed by atoms with E-state index in [1.54, 1.807) is 22.6 Å². The highest BCUT2D eigenvalue weighted by Crippen LogP contribution is 2.32. The van der Waals surface area contributed by atoms with Gasteiger partial charge in [-0.3, -0.25) is 4.79 Å². The van der Waals surface area contributed by atoms with Crippen LogP contribution < -0.4 is 0 Å². The second kappa shape index (κ2) is 10.3. The highest BCUT2D eigenvalue weighted by atomic mass is 32.2. The molecule has 1 saturated heterocycles. The Bertz CT molecular complexity index is 1080. The molecule has 1 atom stereocenters. The molecule has 0 radical (unpaired) electrons. The topological polar surface area (TPSA) is 90.7 Å². The van der Waals surface area contributed by atoms with Gasteiger partial charge < -0.3 is 18.9 Å². The van der Waals surface area contributed by atoms with Crippen molar-refractivity contribution >= 4 is 15.7 Å². The smallest absolute Gasteiger partial charge is 0.228 e. The van der Waals surface area contributed by atoms with Gasteiger partial charge >= 0.3 is 0 Å². The SMILES string of the molecule is COCCN(Cc1cnc(S(=O)(=O)Cc2ccccc2F)n1C[C@@H]1CCCO1)C(=O)C1CC1. The number of hydrogen-bond acceptors (Lipinski definition) is 6. The molecular weight excluding hydrogens is 449 g/mol. The van der Waals surface area contributed by atoms with Crippen molar-refractivity contribution in [1.29, 1.82) is 0 Å². The summed E-state index contributed by atoms with van der Waals surface area (Å²) in [6.45, 7) is 1.97. The molecule has 10 heteroatoms. The van der Waals surface area contributed by atoms with Crippen molar-refractivity contribution in [2.45, 2.75) is 55.8 Å². The molecule has 1 aromatic heterocycles. The highest BCUT2D eigenvalue weighted by Gasteiger charge is 2.34. The predicted octanol–water partition coefficient (Wildman–Crippen LogP) is 2.56. The van der Waals surface area contributed by atoms with Crippen molar-refractivity contribution in [3.63, 3.8) is 0 Å². The average Bonchev–Trinajstić information content (AvgIpc) is 3.37. The number of sulfone groups is 1. The van der Waals surface area contributed by atoms with Crippen LogP contribution in [0, 0.1) is 11.7 Å². The number of carbonyl (C=O) groups excluding carboxylic acids is 1. The molecule has 1 aliphatic heterocycles. The molecule has 2 heterocycles. The first kappa shape index (κ1) is 23.8. The molecule has 33 heavy (non-hydrogen) atoms. The van der Waals surface area contributed by atoms with Crippen LogP contribution in [-0.2, 0) is 42.9 Å². The summed E-state index contributed by atoms with van der Waals surface area (Å²) < 4.78 is 53.3. The van der Waals surface area contributed by atoms with E-state index in [9.17, 15) is 17.6 Å². The number of ether oxygens (including phenoxy) is 2. The first-order valence-corrected chi connectivity index (χ1v) is 12.9. The summed E-state index contributed by atoms with van der Waals surface area (Å²) in [4.78, 5) is 18.8. The molecule has 1 amide bonds. The maximum absolute atomic E-state index is 14.2. The molecule has 1 aromatic carbocycles. The number of nitrogens with zero attached hydrogens (tertiary/aromatic N) is 3. The number of amides is 1. The molecule has 0 unspecified atom stereocenters. The Labute approximate surface area is 193 Å². The predicted molar refractivity (Wildman–Crippen MR) is 119 cm³/mol. The Morgan fingerprint density at radius 3 is 2.76 bits per heavy atom. The van der Waals surface area contributed by atoms with Gasteiger partial charge in [-0.2, -0.15) is 0 Å². The third-order valence-electron chi connectivity index (χ3n) is 6.05. The van der Waals surface area contributed by atoms with Gasteiger partial charge in [0.25, 0.3) is 0 Å². The number of rotatable bonds is 11. The third-order valence-corrected chi connectivity index (χ3v) is 7.62. The number of imidazole rings is 1. The van der Waals surface area contributed by atoms with Crippen molar-refractivity contribution in [3.05, 3.63) is 47.5 Å². The molecule has 4 rings (SSSR count). The van der Waals surface area contributed by atoms with Crippen LogP contribution in [0.15, 0.2) is 35.6 Å². The Kier molecular flexibility index (Phi) is 7.45. The first-order chi connectivity index (χ1) is 15.9. The van der Waals surface area contributed by atoms with Crippen LogP contribution in [0.5, 0.6) is 0 Å². The maximum Gasteiger partial charge on any atom is 0.228 e.